The Balaban J connectivity index is 0.00000126. The van der Waals surface area contributed by atoms with E-state index in [2.05, 4.69) is 10.2 Å². The minimum atomic E-state index is -1.18. The first-order valence-electron chi connectivity index (χ1n) is 8.77. The molecule has 0 radical (unpaired) electrons. The third-order valence-electron chi connectivity index (χ3n) is 3.98. The molecule has 7 nitrogen and oxygen atoms in total. The molecular weight excluding hydrogens is 346 g/mol. The zero-order valence-corrected chi connectivity index (χ0v) is 15.8. The van der Waals surface area contributed by atoms with Crippen LogP contribution >= 0.6 is 0 Å². The first kappa shape index (κ1) is 20.1. The first-order valence-corrected chi connectivity index (χ1v) is 8.77. The van der Waals surface area contributed by atoms with Crippen molar-refractivity contribution in [2.45, 2.75) is 33.1 Å². The molecule has 2 heterocycles. The summed E-state index contributed by atoms with van der Waals surface area (Å²) in [6.07, 6.45) is 0.733. The second-order valence-corrected chi connectivity index (χ2v) is 5.87. The molecule has 142 valence electrons. The van der Waals surface area contributed by atoms with Crippen LogP contribution < -0.4 is 5.56 Å². The van der Waals surface area contributed by atoms with Crippen LogP contribution in [-0.4, -0.2) is 25.8 Å². The van der Waals surface area contributed by atoms with Crippen molar-refractivity contribution >= 4 is 5.97 Å². The van der Waals surface area contributed by atoms with E-state index in [4.69, 9.17) is 9.52 Å². The summed E-state index contributed by atoms with van der Waals surface area (Å²) < 4.78 is 6.98. The predicted octanol–water partition coefficient (Wildman–Crippen LogP) is 3.51. The first-order chi connectivity index (χ1) is 13.0. The molecule has 7 heteroatoms. The molecule has 2 aromatic heterocycles. The largest absolute Gasteiger partial charge is 0.478 e. The van der Waals surface area contributed by atoms with Gasteiger partial charge >= 0.3 is 5.97 Å². The summed E-state index contributed by atoms with van der Waals surface area (Å²) in [6.45, 7) is 5.97. The Bertz CT molecular complexity index is 961. The normalized spacial score (nSPS) is 11.4. The van der Waals surface area contributed by atoms with Crippen LogP contribution in [0.25, 0.3) is 11.6 Å². The lowest BCUT2D eigenvalue weighted by Crippen LogP contribution is -2.19. The summed E-state index contributed by atoms with van der Waals surface area (Å²) in [5, 5.41) is 17.2. The molecule has 0 amide bonds. The van der Waals surface area contributed by atoms with Gasteiger partial charge in [0.1, 0.15) is 5.69 Å². The summed E-state index contributed by atoms with van der Waals surface area (Å²) in [5.41, 5.74) is 0.854. The number of pyridine rings is 1. The van der Waals surface area contributed by atoms with Crippen LogP contribution in [0, 0.1) is 0 Å². The van der Waals surface area contributed by atoms with E-state index in [9.17, 15) is 9.59 Å². The van der Waals surface area contributed by atoms with Gasteiger partial charge in [0.25, 0.3) is 11.4 Å². The van der Waals surface area contributed by atoms with Crippen molar-refractivity contribution in [3.8, 4) is 11.6 Å². The average molecular weight is 369 g/mol. The molecule has 3 aromatic rings. The molecule has 27 heavy (non-hydrogen) atoms. The molecule has 0 aliphatic heterocycles. The van der Waals surface area contributed by atoms with E-state index in [0.29, 0.717) is 5.89 Å². The highest BCUT2D eigenvalue weighted by Crippen LogP contribution is 2.23. The molecule has 0 fully saturated rings. The molecule has 0 spiro atoms. The molecule has 0 aliphatic carbocycles. The van der Waals surface area contributed by atoms with Crippen LogP contribution in [0.3, 0.4) is 0 Å². The van der Waals surface area contributed by atoms with Gasteiger partial charge in [-0.3, -0.25) is 4.79 Å². The monoisotopic (exact) mass is 369 g/mol. The molecule has 0 saturated heterocycles. The molecule has 0 aliphatic rings. The zero-order valence-electron chi connectivity index (χ0n) is 15.8. The number of carboxylic acids is 1. The van der Waals surface area contributed by atoms with Gasteiger partial charge in [-0.15, -0.1) is 10.2 Å². The topological polar surface area (TPSA) is 98.2 Å². The van der Waals surface area contributed by atoms with Gasteiger partial charge in [0.2, 0.25) is 5.89 Å². The Kier molecular flexibility index (Phi) is 6.65. The van der Waals surface area contributed by atoms with Gasteiger partial charge in [-0.05, 0) is 18.1 Å². The molecule has 0 bridgehead atoms. The fraction of sp³-hybridized carbons (Fsp3) is 0.300. The van der Waals surface area contributed by atoms with Crippen molar-refractivity contribution in [3.63, 3.8) is 0 Å². The number of aromatic nitrogens is 3. The van der Waals surface area contributed by atoms with Crippen molar-refractivity contribution in [2.24, 2.45) is 7.05 Å². The van der Waals surface area contributed by atoms with E-state index in [1.165, 1.54) is 17.7 Å². The van der Waals surface area contributed by atoms with Crippen molar-refractivity contribution in [2.75, 3.05) is 0 Å². The van der Waals surface area contributed by atoms with E-state index in [1.807, 2.05) is 51.1 Å². The van der Waals surface area contributed by atoms with Gasteiger partial charge in [-0.25, -0.2) is 4.79 Å². The summed E-state index contributed by atoms with van der Waals surface area (Å²) in [6, 6.07) is 12.3. The van der Waals surface area contributed by atoms with Crippen LogP contribution in [0.2, 0.25) is 0 Å². The third kappa shape index (κ3) is 4.69. The van der Waals surface area contributed by atoms with Crippen LogP contribution in [0.1, 0.15) is 48.5 Å². The maximum atomic E-state index is 11.9. The Morgan fingerprint density at radius 2 is 1.85 bits per heavy atom. The van der Waals surface area contributed by atoms with Crippen molar-refractivity contribution in [1.82, 2.24) is 14.8 Å². The minimum absolute atomic E-state index is 0.0108. The summed E-state index contributed by atoms with van der Waals surface area (Å²) in [4.78, 5) is 23.1. The van der Waals surface area contributed by atoms with E-state index in [0.717, 1.165) is 18.1 Å². The number of carbonyl (C=O) groups is 1. The zero-order chi connectivity index (χ0) is 20.0. The van der Waals surface area contributed by atoms with E-state index in [-0.39, 0.29) is 23.1 Å². The summed E-state index contributed by atoms with van der Waals surface area (Å²) in [7, 11) is 1.53. The predicted molar refractivity (Wildman–Crippen MR) is 102 cm³/mol. The lowest BCUT2D eigenvalue weighted by atomic mass is 10.0. The van der Waals surface area contributed by atoms with Crippen LogP contribution in [0.5, 0.6) is 0 Å². The lowest BCUT2D eigenvalue weighted by Gasteiger charge is -2.07. The van der Waals surface area contributed by atoms with Gasteiger partial charge in [-0.2, -0.15) is 0 Å². The van der Waals surface area contributed by atoms with Gasteiger partial charge in [-0.1, -0.05) is 51.1 Å². The number of hydrogen-bond donors (Lipinski definition) is 1. The molecular formula is C20H23N3O4. The van der Waals surface area contributed by atoms with Gasteiger partial charge in [0.05, 0.1) is 5.56 Å². The number of nitrogens with zero attached hydrogens (tertiary/aromatic N) is 3. The van der Waals surface area contributed by atoms with E-state index >= 15 is 0 Å². The second kappa shape index (κ2) is 8.93. The van der Waals surface area contributed by atoms with Crippen LogP contribution in [0.4, 0.5) is 0 Å². The Morgan fingerprint density at radius 3 is 2.48 bits per heavy atom. The van der Waals surface area contributed by atoms with Crippen LogP contribution in [0.15, 0.2) is 51.7 Å². The minimum Gasteiger partial charge on any atom is -0.478 e. The van der Waals surface area contributed by atoms with Gasteiger partial charge in [0.15, 0.2) is 0 Å². The molecule has 0 saturated carbocycles. The van der Waals surface area contributed by atoms with Crippen molar-refractivity contribution in [3.05, 3.63) is 69.8 Å². The lowest BCUT2D eigenvalue weighted by molar-refractivity contribution is 0.0696. The second-order valence-electron chi connectivity index (χ2n) is 5.87. The number of hydrogen-bond acceptors (Lipinski definition) is 5. The Hall–Kier alpha value is -3.22. The highest BCUT2D eigenvalue weighted by Gasteiger charge is 2.19. The standard InChI is InChI=1S/C18H17N3O4.C2H6/c1-11(8-12-6-4-3-5-7-12)16-19-20-17(25-16)14-9-13(18(23)24)10-15(22)21(14)2;1-2/h3-7,9-11H,8H2,1-2H3,(H,23,24);1-2H3. The summed E-state index contributed by atoms with van der Waals surface area (Å²) in [5.74, 6) is -0.635. The van der Waals surface area contributed by atoms with Gasteiger partial charge < -0.3 is 14.1 Å². The third-order valence-corrected chi connectivity index (χ3v) is 3.98. The average Bonchev–Trinajstić information content (AvgIpc) is 3.16. The highest BCUT2D eigenvalue weighted by molar-refractivity contribution is 5.88. The molecule has 3 rings (SSSR count). The number of benzene rings is 1. The van der Waals surface area contributed by atoms with Crippen molar-refractivity contribution < 1.29 is 14.3 Å². The van der Waals surface area contributed by atoms with Crippen LogP contribution in [-0.2, 0) is 13.5 Å². The highest BCUT2D eigenvalue weighted by atomic mass is 16.4. The smallest absolute Gasteiger partial charge is 0.335 e. The summed E-state index contributed by atoms with van der Waals surface area (Å²) >= 11 is 0. The van der Waals surface area contributed by atoms with Gasteiger partial charge in [0, 0.05) is 19.0 Å². The SMILES string of the molecule is CC.CC(Cc1ccccc1)c1nnc(-c2cc(C(=O)O)cc(=O)n2C)o1. The molecule has 1 atom stereocenters. The number of rotatable bonds is 5. The van der Waals surface area contributed by atoms with Crippen molar-refractivity contribution in [1.29, 1.82) is 0 Å². The fourth-order valence-corrected chi connectivity index (χ4v) is 2.56. The Labute approximate surface area is 157 Å². The quantitative estimate of drug-likeness (QED) is 0.739. The fourth-order valence-electron chi connectivity index (χ4n) is 2.56. The van der Waals surface area contributed by atoms with E-state index < -0.39 is 11.5 Å². The number of aromatic carboxylic acids is 1. The Morgan fingerprint density at radius 1 is 1.19 bits per heavy atom. The number of carboxylic acid groups (broad SMARTS) is 1. The molecule has 1 aromatic carbocycles. The molecule has 1 unspecified atom stereocenters. The maximum Gasteiger partial charge on any atom is 0.335 e. The molecule has 1 N–H and O–H groups in total. The van der Waals surface area contributed by atoms with E-state index in [1.54, 1.807) is 0 Å². The maximum absolute atomic E-state index is 11.9.